The molecule has 2 N–H and O–H groups in total. The zero-order valence-corrected chi connectivity index (χ0v) is 15.6. The van der Waals surface area contributed by atoms with Gasteiger partial charge in [0.2, 0.25) is 5.91 Å². The van der Waals surface area contributed by atoms with Crippen LogP contribution in [0.5, 0.6) is 0 Å². The molecular formula is C18H23N7O2. The van der Waals surface area contributed by atoms with E-state index in [2.05, 4.69) is 20.7 Å². The molecule has 27 heavy (non-hydrogen) atoms. The van der Waals surface area contributed by atoms with Gasteiger partial charge in [-0.15, -0.1) is 0 Å². The molecule has 0 aromatic carbocycles. The first-order valence-corrected chi connectivity index (χ1v) is 8.63. The molecule has 3 rings (SSSR count). The van der Waals surface area contributed by atoms with E-state index < -0.39 is 0 Å². The summed E-state index contributed by atoms with van der Waals surface area (Å²) in [6.07, 6.45) is 3.37. The zero-order valence-electron chi connectivity index (χ0n) is 15.6. The van der Waals surface area contributed by atoms with Crippen molar-refractivity contribution in [3.63, 3.8) is 0 Å². The van der Waals surface area contributed by atoms with Crippen molar-refractivity contribution in [2.24, 2.45) is 0 Å². The minimum atomic E-state index is -0.289. The van der Waals surface area contributed by atoms with E-state index in [-0.39, 0.29) is 18.4 Å². The number of imidazole rings is 1. The third-order valence-corrected chi connectivity index (χ3v) is 4.01. The van der Waals surface area contributed by atoms with Crippen molar-refractivity contribution < 1.29 is 9.59 Å². The topological polar surface area (TPSA) is 96.6 Å². The number of likely N-dealkylation sites (N-methyl/N-ethyl adjacent to an activating group) is 1. The van der Waals surface area contributed by atoms with E-state index in [0.717, 1.165) is 12.2 Å². The van der Waals surface area contributed by atoms with Crippen LogP contribution in [0.15, 0.2) is 36.7 Å². The number of hydrogen-bond acceptors (Lipinski definition) is 5. The highest BCUT2D eigenvalue weighted by Gasteiger charge is 2.14. The summed E-state index contributed by atoms with van der Waals surface area (Å²) in [7, 11) is 3.89. The van der Waals surface area contributed by atoms with Crippen molar-refractivity contribution in [2.45, 2.75) is 13.5 Å². The Morgan fingerprint density at radius 2 is 2.04 bits per heavy atom. The number of nitrogens with one attached hydrogen (secondary N) is 2. The largest absolute Gasteiger partial charge is 0.353 e. The average Bonchev–Trinajstić information content (AvgIpc) is 3.21. The van der Waals surface area contributed by atoms with Crippen LogP contribution in [-0.2, 0) is 11.3 Å². The number of rotatable bonds is 7. The molecule has 0 atom stereocenters. The van der Waals surface area contributed by atoms with Gasteiger partial charge in [-0.2, -0.15) is 5.10 Å². The summed E-state index contributed by atoms with van der Waals surface area (Å²) in [6.45, 7) is 3.33. The maximum atomic E-state index is 12.6. The summed E-state index contributed by atoms with van der Waals surface area (Å²) in [5.41, 5.74) is 2.05. The van der Waals surface area contributed by atoms with Crippen molar-refractivity contribution in [3.8, 4) is 0 Å². The molecule has 0 fully saturated rings. The molecule has 0 unspecified atom stereocenters. The Labute approximate surface area is 157 Å². The summed E-state index contributed by atoms with van der Waals surface area (Å²) >= 11 is 0. The second-order valence-corrected chi connectivity index (χ2v) is 6.51. The Hall–Kier alpha value is -3.20. The highest BCUT2D eigenvalue weighted by Crippen LogP contribution is 2.12. The number of pyridine rings is 1. The predicted molar refractivity (Wildman–Crippen MR) is 102 cm³/mol. The SMILES string of the molecule is Cc1cnc2cccc(C(=O)Nc3ccn(CC(=O)NCCN(C)C)n3)n12. The smallest absolute Gasteiger partial charge is 0.273 e. The summed E-state index contributed by atoms with van der Waals surface area (Å²) in [5, 5.41) is 9.82. The highest BCUT2D eigenvalue weighted by molar-refractivity contribution is 6.03. The minimum absolute atomic E-state index is 0.0967. The summed E-state index contributed by atoms with van der Waals surface area (Å²) < 4.78 is 3.27. The second kappa shape index (κ2) is 8.00. The summed E-state index contributed by atoms with van der Waals surface area (Å²) in [5.74, 6) is -0.0325. The molecule has 0 radical (unpaired) electrons. The fourth-order valence-corrected chi connectivity index (χ4v) is 2.68. The molecule has 3 aromatic heterocycles. The van der Waals surface area contributed by atoms with Gasteiger partial charge in [-0.25, -0.2) is 4.98 Å². The van der Waals surface area contributed by atoms with Gasteiger partial charge in [0, 0.05) is 37.2 Å². The van der Waals surface area contributed by atoms with E-state index in [0.29, 0.717) is 23.7 Å². The van der Waals surface area contributed by atoms with E-state index in [1.807, 2.05) is 32.0 Å². The number of fused-ring (bicyclic) bond motifs is 1. The number of aromatic nitrogens is 4. The van der Waals surface area contributed by atoms with E-state index in [1.165, 1.54) is 4.68 Å². The first kappa shape index (κ1) is 18.6. The van der Waals surface area contributed by atoms with Crippen LogP contribution in [0.3, 0.4) is 0 Å². The number of aryl methyl sites for hydroxylation is 1. The lowest BCUT2D eigenvalue weighted by Crippen LogP contribution is -2.33. The molecule has 0 saturated heterocycles. The standard InChI is InChI=1S/C18H23N7O2/c1-13-11-20-16-6-4-5-14(25(13)16)18(27)21-15-7-9-24(22-15)12-17(26)19-8-10-23(2)3/h4-7,9,11H,8,10,12H2,1-3H3,(H,19,26)(H,21,22,27). The molecule has 9 nitrogen and oxygen atoms in total. The summed E-state index contributed by atoms with van der Waals surface area (Å²) in [6, 6.07) is 7.01. The molecule has 2 amide bonds. The van der Waals surface area contributed by atoms with Crippen LogP contribution in [0.2, 0.25) is 0 Å². The normalized spacial score (nSPS) is 11.1. The molecule has 0 spiro atoms. The fourth-order valence-electron chi connectivity index (χ4n) is 2.68. The van der Waals surface area contributed by atoms with Crippen LogP contribution in [0.25, 0.3) is 5.65 Å². The number of amides is 2. The van der Waals surface area contributed by atoms with Gasteiger partial charge in [-0.1, -0.05) is 6.07 Å². The van der Waals surface area contributed by atoms with E-state index in [1.54, 1.807) is 35.0 Å². The van der Waals surface area contributed by atoms with Crippen LogP contribution < -0.4 is 10.6 Å². The van der Waals surface area contributed by atoms with Gasteiger partial charge in [0.1, 0.15) is 17.9 Å². The van der Waals surface area contributed by atoms with Crippen LogP contribution >= 0.6 is 0 Å². The number of carbonyl (C=O) groups is 2. The molecule has 9 heteroatoms. The number of nitrogens with zero attached hydrogens (tertiary/aromatic N) is 5. The van der Waals surface area contributed by atoms with Crippen molar-refractivity contribution in [1.82, 2.24) is 29.4 Å². The molecule has 0 aliphatic heterocycles. The lowest BCUT2D eigenvalue weighted by Gasteiger charge is -2.10. The monoisotopic (exact) mass is 369 g/mol. The highest BCUT2D eigenvalue weighted by atomic mass is 16.2. The molecule has 3 heterocycles. The van der Waals surface area contributed by atoms with Gasteiger partial charge in [-0.05, 0) is 33.2 Å². The first-order chi connectivity index (χ1) is 12.9. The Morgan fingerprint density at radius 1 is 1.22 bits per heavy atom. The number of hydrogen-bond donors (Lipinski definition) is 2. The van der Waals surface area contributed by atoms with Gasteiger partial charge in [0.05, 0.1) is 0 Å². The van der Waals surface area contributed by atoms with Crippen molar-refractivity contribution in [2.75, 3.05) is 32.5 Å². The van der Waals surface area contributed by atoms with Gasteiger partial charge < -0.3 is 15.5 Å². The van der Waals surface area contributed by atoms with Gasteiger partial charge in [0.15, 0.2) is 5.82 Å². The number of carbonyl (C=O) groups excluding carboxylic acids is 2. The van der Waals surface area contributed by atoms with E-state index >= 15 is 0 Å². The number of anilines is 1. The lowest BCUT2D eigenvalue weighted by molar-refractivity contribution is -0.121. The van der Waals surface area contributed by atoms with Crippen LogP contribution in [0.1, 0.15) is 16.2 Å². The molecule has 0 saturated carbocycles. The van der Waals surface area contributed by atoms with E-state index in [4.69, 9.17) is 0 Å². The quantitative estimate of drug-likeness (QED) is 0.641. The van der Waals surface area contributed by atoms with Crippen molar-refractivity contribution in [1.29, 1.82) is 0 Å². The summed E-state index contributed by atoms with van der Waals surface area (Å²) in [4.78, 5) is 30.8. The lowest BCUT2D eigenvalue weighted by atomic mass is 10.3. The zero-order chi connectivity index (χ0) is 19.4. The molecule has 3 aromatic rings. The molecular weight excluding hydrogens is 346 g/mol. The minimum Gasteiger partial charge on any atom is -0.353 e. The Kier molecular flexibility index (Phi) is 5.51. The molecule has 142 valence electrons. The van der Waals surface area contributed by atoms with Crippen molar-refractivity contribution in [3.05, 3.63) is 48.0 Å². The Balaban J connectivity index is 1.62. The van der Waals surface area contributed by atoms with E-state index in [9.17, 15) is 9.59 Å². The van der Waals surface area contributed by atoms with Crippen LogP contribution in [0, 0.1) is 6.92 Å². The Morgan fingerprint density at radius 3 is 2.81 bits per heavy atom. The Bertz CT molecular complexity index is 958. The maximum absolute atomic E-state index is 12.6. The van der Waals surface area contributed by atoms with Crippen LogP contribution in [-0.4, -0.2) is 63.1 Å². The van der Waals surface area contributed by atoms with Gasteiger partial charge in [-0.3, -0.25) is 18.7 Å². The average molecular weight is 369 g/mol. The third-order valence-electron chi connectivity index (χ3n) is 4.01. The van der Waals surface area contributed by atoms with Gasteiger partial charge >= 0.3 is 0 Å². The third kappa shape index (κ3) is 4.50. The van der Waals surface area contributed by atoms with Crippen molar-refractivity contribution >= 4 is 23.3 Å². The first-order valence-electron chi connectivity index (χ1n) is 8.63. The molecule has 0 bridgehead atoms. The van der Waals surface area contributed by atoms with Crippen LogP contribution in [0.4, 0.5) is 5.82 Å². The molecule has 0 aliphatic rings. The maximum Gasteiger partial charge on any atom is 0.273 e. The fraction of sp³-hybridized carbons (Fsp3) is 0.333. The molecule has 0 aliphatic carbocycles. The predicted octanol–water partition coefficient (Wildman–Crippen LogP) is 0.769. The van der Waals surface area contributed by atoms with Gasteiger partial charge in [0.25, 0.3) is 5.91 Å². The second-order valence-electron chi connectivity index (χ2n) is 6.51.